The molecular formula is C26H30FN3O6. The van der Waals surface area contributed by atoms with Gasteiger partial charge in [-0.15, -0.1) is 0 Å². The lowest BCUT2D eigenvalue weighted by Crippen LogP contribution is -2.53. The van der Waals surface area contributed by atoms with Crippen molar-refractivity contribution in [3.05, 3.63) is 59.4 Å². The third-order valence-corrected chi connectivity index (χ3v) is 6.36. The molecule has 2 aromatic rings. The fourth-order valence-electron chi connectivity index (χ4n) is 4.56. The van der Waals surface area contributed by atoms with E-state index in [4.69, 9.17) is 14.2 Å². The van der Waals surface area contributed by atoms with Crippen molar-refractivity contribution in [1.82, 2.24) is 10.2 Å². The number of carbonyl (C=O) groups is 3. The summed E-state index contributed by atoms with van der Waals surface area (Å²) in [5.41, 5.74) is 1.51. The van der Waals surface area contributed by atoms with Crippen LogP contribution in [-0.2, 0) is 25.6 Å². The number of likely N-dealkylation sites (N-methyl/N-ethyl adjacent to an activating group) is 1. The van der Waals surface area contributed by atoms with Crippen LogP contribution in [0.15, 0.2) is 42.5 Å². The van der Waals surface area contributed by atoms with Gasteiger partial charge in [0.2, 0.25) is 11.8 Å². The molecule has 0 spiro atoms. The first-order valence-electron chi connectivity index (χ1n) is 11.8. The Morgan fingerprint density at radius 3 is 2.78 bits per heavy atom. The smallest absolute Gasteiger partial charge is 0.257 e. The Morgan fingerprint density at radius 1 is 1.17 bits per heavy atom. The molecule has 2 aliphatic heterocycles. The molecule has 2 heterocycles. The molecule has 1 saturated heterocycles. The van der Waals surface area contributed by atoms with Crippen LogP contribution in [0.2, 0.25) is 0 Å². The maximum Gasteiger partial charge on any atom is 0.257 e. The van der Waals surface area contributed by atoms with Crippen LogP contribution < -0.4 is 15.4 Å². The Kier molecular flexibility index (Phi) is 8.17. The summed E-state index contributed by atoms with van der Waals surface area (Å²) in [5.74, 6) is -0.699. The Hall–Kier alpha value is -3.50. The van der Waals surface area contributed by atoms with E-state index >= 15 is 0 Å². The van der Waals surface area contributed by atoms with E-state index in [1.807, 2.05) is 0 Å². The molecule has 0 radical (unpaired) electrons. The third-order valence-electron chi connectivity index (χ3n) is 6.36. The second-order valence-electron chi connectivity index (χ2n) is 8.97. The van der Waals surface area contributed by atoms with Gasteiger partial charge in [-0.3, -0.25) is 14.4 Å². The maximum absolute atomic E-state index is 13.3. The number of fused-ring (bicyclic) bond motifs is 2. The van der Waals surface area contributed by atoms with Crippen LogP contribution >= 0.6 is 0 Å². The standard InChI is InChI=1S/C26H30FN3O6/c1-30-21-8-7-19(12-24(31)28-13-16-4-3-5-17(27)10-16)36-23(21)14-35-22-9-6-18(11-20(22)26(30)33)29-25(32)15-34-2/h3-6,9-11,19,21,23H,7-8,12-15H2,1-2H3,(H,28,31)(H,29,32)/t19-,21-,23+/m0/s1. The summed E-state index contributed by atoms with van der Waals surface area (Å²) in [7, 11) is 3.15. The molecule has 0 unspecified atom stereocenters. The molecule has 192 valence electrons. The summed E-state index contributed by atoms with van der Waals surface area (Å²) in [6, 6.07) is 10.8. The van der Waals surface area contributed by atoms with Gasteiger partial charge in [-0.05, 0) is 48.7 Å². The van der Waals surface area contributed by atoms with Crippen LogP contribution in [0, 0.1) is 5.82 Å². The fourth-order valence-corrected chi connectivity index (χ4v) is 4.56. The van der Waals surface area contributed by atoms with Gasteiger partial charge in [-0.25, -0.2) is 4.39 Å². The number of hydrogen-bond donors (Lipinski definition) is 2. The molecule has 2 aromatic carbocycles. The van der Waals surface area contributed by atoms with Gasteiger partial charge in [-0.2, -0.15) is 0 Å². The largest absolute Gasteiger partial charge is 0.490 e. The minimum atomic E-state index is -0.400. The van der Waals surface area contributed by atoms with Crippen molar-refractivity contribution >= 4 is 23.4 Å². The van der Waals surface area contributed by atoms with Crippen molar-refractivity contribution < 1.29 is 33.0 Å². The van der Waals surface area contributed by atoms with E-state index in [-0.39, 0.29) is 61.9 Å². The topological polar surface area (TPSA) is 106 Å². The number of nitrogens with zero attached hydrogens (tertiary/aromatic N) is 1. The maximum atomic E-state index is 13.3. The fraction of sp³-hybridized carbons (Fsp3) is 0.423. The molecule has 2 N–H and O–H groups in total. The number of amides is 3. The van der Waals surface area contributed by atoms with Gasteiger partial charge in [0.15, 0.2) is 0 Å². The van der Waals surface area contributed by atoms with Gasteiger partial charge >= 0.3 is 0 Å². The summed E-state index contributed by atoms with van der Waals surface area (Å²) in [5, 5.41) is 5.50. The highest BCUT2D eigenvalue weighted by Crippen LogP contribution is 2.32. The molecule has 1 fully saturated rings. The third kappa shape index (κ3) is 6.19. The van der Waals surface area contributed by atoms with Gasteiger partial charge in [0.1, 0.15) is 30.9 Å². The Labute approximate surface area is 208 Å². The highest BCUT2D eigenvalue weighted by molar-refractivity contribution is 6.00. The van der Waals surface area contributed by atoms with Gasteiger partial charge in [0.25, 0.3) is 5.91 Å². The van der Waals surface area contributed by atoms with E-state index in [1.165, 1.54) is 19.2 Å². The first kappa shape index (κ1) is 25.6. The molecule has 0 saturated carbocycles. The van der Waals surface area contributed by atoms with Crippen molar-refractivity contribution in [3.8, 4) is 5.75 Å². The highest BCUT2D eigenvalue weighted by atomic mass is 19.1. The molecule has 3 atom stereocenters. The molecule has 0 bridgehead atoms. The molecular weight excluding hydrogens is 469 g/mol. The van der Waals surface area contributed by atoms with Crippen LogP contribution in [-0.4, -0.2) is 68.2 Å². The number of nitrogens with one attached hydrogen (secondary N) is 2. The quantitative estimate of drug-likeness (QED) is 0.607. The van der Waals surface area contributed by atoms with Crippen LogP contribution in [0.1, 0.15) is 35.2 Å². The van der Waals surface area contributed by atoms with E-state index in [9.17, 15) is 18.8 Å². The van der Waals surface area contributed by atoms with E-state index in [1.54, 1.807) is 42.3 Å². The average Bonchev–Trinajstić information content (AvgIpc) is 2.85. The van der Waals surface area contributed by atoms with Gasteiger partial charge in [0.05, 0.1) is 24.1 Å². The van der Waals surface area contributed by atoms with Crippen LogP contribution in [0.3, 0.4) is 0 Å². The van der Waals surface area contributed by atoms with E-state index in [0.717, 1.165) is 0 Å². The van der Waals surface area contributed by atoms with Gasteiger partial charge in [0, 0.05) is 26.4 Å². The van der Waals surface area contributed by atoms with Crippen molar-refractivity contribution in [2.24, 2.45) is 0 Å². The Bertz CT molecular complexity index is 1130. The zero-order chi connectivity index (χ0) is 25.7. The predicted molar refractivity (Wildman–Crippen MR) is 129 cm³/mol. The molecule has 9 nitrogen and oxygen atoms in total. The van der Waals surface area contributed by atoms with Crippen molar-refractivity contribution in [3.63, 3.8) is 0 Å². The molecule has 36 heavy (non-hydrogen) atoms. The summed E-state index contributed by atoms with van der Waals surface area (Å²) in [4.78, 5) is 39.2. The lowest BCUT2D eigenvalue weighted by molar-refractivity contribution is -0.134. The predicted octanol–water partition coefficient (Wildman–Crippen LogP) is 2.50. The Balaban J connectivity index is 1.37. The summed E-state index contributed by atoms with van der Waals surface area (Å²) >= 11 is 0. The molecule has 0 aromatic heterocycles. The lowest BCUT2D eigenvalue weighted by atomic mass is 9.94. The average molecular weight is 500 g/mol. The van der Waals surface area contributed by atoms with Crippen molar-refractivity contribution in [2.75, 3.05) is 32.7 Å². The number of ether oxygens (including phenoxy) is 3. The summed E-state index contributed by atoms with van der Waals surface area (Å²) in [6.45, 7) is 0.360. The normalized spacial score (nSPS) is 21.4. The lowest BCUT2D eigenvalue weighted by Gasteiger charge is -2.42. The number of hydrogen-bond acceptors (Lipinski definition) is 6. The van der Waals surface area contributed by atoms with Crippen molar-refractivity contribution in [2.45, 2.75) is 44.1 Å². The first-order valence-corrected chi connectivity index (χ1v) is 11.8. The van der Waals surface area contributed by atoms with Crippen LogP contribution in [0.4, 0.5) is 10.1 Å². The van der Waals surface area contributed by atoms with Gasteiger partial charge < -0.3 is 29.7 Å². The number of anilines is 1. The van der Waals surface area contributed by atoms with Crippen LogP contribution in [0.25, 0.3) is 0 Å². The molecule has 2 aliphatic rings. The zero-order valence-electron chi connectivity index (χ0n) is 20.3. The van der Waals surface area contributed by atoms with E-state index < -0.39 is 6.10 Å². The monoisotopic (exact) mass is 499 g/mol. The number of carbonyl (C=O) groups excluding carboxylic acids is 3. The number of rotatable bonds is 7. The Morgan fingerprint density at radius 2 is 2.00 bits per heavy atom. The molecule has 10 heteroatoms. The molecule has 3 amide bonds. The van der Waals surface area contributed by atoms with E-state index in [2.05, 4.69) is 10.6 Å². The van der Waals surface area contributed by atoms with Crippen LogP contribution in [0.5, 0.6) is 5.75 Å². The number of halogens is 1. The second-order valence-corrected chi connectivity index (χ2v) is 8.97. The minimum absolute atomic E-state index is 0.0908. The summed E-state index contributed by atoms with van der Waals surface area (Å²) < 4.78 is 30.3. The SMILES string of the molecule is COCC(=O)Nc1ccc2c(c1)C(=O)N(C)[C@H]1CC[C@@H](CC(=O)NCc3cccc(F)c3)O[C@@H]1CO2. The minimum Gasteiger partial charge on any atom is -0.490 e. The van der Waals surface area contributed by atoms with Gasteiger partial charge in [-0.1, -0.05) is 12.1 Å². The number of methoxy groups -OCH3 is 1. The number of benzene rings is 2. The second kappa shape index (κ2) is 11.5. The summed E-state index contributed by atoms with van der Waals surface area (Å²) in [6.07, 6.45) is 0.701. The zero-order valence-corrected chi connectivity index (χ0v) is 20.3. The van der Waals surface area contributed by atoms with Crippen molar-refractivity contribution in [1.29, 1.82) is 0 Å². The highest BCUT2D eigenvalue weighted by Gasteiger charge is 2.39. The first-order chi connectivity index (χ1) is 17.3. The molecule has 0 aliphatic carbocycles. The molecule has 4 rings (SSSR count). The van der Waals surface area contributed by atoms with E-state index in [0.29, 0.717) is 35.4 Å².